The highest BCUT2D eigenvalue weighted by atomic mass is 79.9. The first-order chi connectivity index (χ1) is 12.2. The monoisotopic (exact) mass is 457 g/mol. The van der Waals surface area contributed by atoms with Gasteiger partial charge in [-0.1, -0.05) is 35.0 Å². The van der Waals surface area contributed by atoms with Gasteiger partial charge in [0.1, 0.15) is 5.75 Å². The van der Waals surface area contributed by atoms with Crippen LogP contribution in [0.15, 0.2) is 51.8 Å². The molecule has 0 spiro atoms. The number of carbonyl (C=O) groups excluding carboxylic acids is 1. The molecule has 2 rings (SSSR count). The van der Waals surface area contributed by atoms with Gasteiger partial charge in [-0.15, -0.1) is 11.8 Å². The summed E-state index contributed by atoms with van der Waals surface area (Å²) >= 11 is 4.84. The lowest BCUT2D eigenvalue weighted by Crippen LogP contribution is -2.22. The summed E-state index contributed by atoms with van der Waals surface area (Å²) in [5, 5.41) is 12.2. The molecule has 1 atom stereocenters. The lowest BCUT2D eigenvalue weighted by atomic mass is 10.2. The van der Waals surface area contributed by atoms with Crippen LogP contribution in [0.3, 0.4) is 0 Å². The first-order valence-electron chi connectivity index (χ1n) is 7.95. The number of anilines is 1. The van der Waals surface area contributed by atoms with Crippen LogP contribution in [-0.2, 0) is 20.4 Å². The first kappa shape index (κ1) is 20.8. The Morgan fingerprint density at radius 2 is 1.88 bits per heavy atom. The minimum atomic E-state index is -3.41. The van der Waals surface area contributed by atoms with Crippen molar-refractivity contribution in [2.24, 2.45) is 0 Å². The molecule has 0 unspecified atom stereocenters. The number of halogens is 1. The van der Waals surface area contributed by atoms with Crippen LogP contribution in [0.2, 0.25) is 0 Å². The van der Waals surface area contributed by atoms with E-state index < -0.39 is 9.84 Å². The van der Waals surface area contributed by atoms with Crippen molar-refractivity contribution in [1.82, 2.24) is 0 Å². The number of benzene rings is 2. The SMILES string of the molecule is CCS(=O)(=O)c1ccc(O)c(NC(=O)[C@@H](C)SCc2ccc(Br)cc2)c1. The van der Waals surface area contributed by atoms with Crippen molar-refractivity contribution in [3.8, 4) is 5.75 Å². The Hall–Kier alpha value is -1.51. The smallest absolute Gasteiger partial charge is 0.237 e. The van der Waals surface area contributed by atoms with Crippen LogP contribution < -0.4 is 5.32 Å². The number of hydrogen-bond donors (Lipinski definition) is 2. The maximum atomic E-state index is 12.4. The highest BCUT2D eigenvalue weighted by molar-refractivity contribution is 9.10. The number of carbonyl (C=O) groups is 1. The molecule has 0 aliphatic carbocycles. The minimum Gasteiger partial charge on any atom is -0.506 e. The molecule has 1 amide bonds. The van der Waals surface area contributed by atoms with Crippen LogP contribution in [0.5, 0.6) is 5.75 Å². The predicted octanol–water partition coefficient (Wildman–Crippen LogP) is 4.21. The number of rotatable bonds is 7. The summed E-state index contributed by atoms with van der Waals surface area (Å²) in [6.07, 6.45) is 0. The van der Waals surface area contributed by atoms with Gasteiger partial charge in [-0.2, -0.15) is 0 Å². The van der Waals surface area contributed by atoms with Gasteiger partial charge in [0.15, 0.2) is 9.84 Å². The summed E-state index contributed by atoms with van der Waals surface area (Å²) in [4.78, 5) is 12.4. The number of amides is 1. The van der Waals surface area contributed by atoms with E-state index in [0.29, 0.717) is 5.75 Å². The third-order valence-electron chi connectivity index (χ3n) is 3.75. The number of thioether (sulfide) groups is 1. The normalized spacial score (nSPS) is 12.6. The Morgan fingerprint density at radius 3 is 2.50 bits per heavy atom. The van der Waals surface area contributed by atoms with E-state index in [0.717, 1.165) is 10.0 Å². The van der Waals surface area contributed by atoms with Crippen molar-refractivity contribution >= 4 is 49.1 Å². The molecule has 0 saturated heterocycles. The third-order valence-corrected chi connectivity index (χ3v) is 7.22. The third kappa shape index (κ3) is 5.49. The molecule has 0 saturated carbocycles. The molecule has 0 bridgehead atoms. The molecule has 5 nitrogen and oxygen atoms in total. The zero-order valence-electron chi connectivity index (χ0n) is 14.4. The van der Waals surface area contributed by atoms with Crippen molar-refractivity contribution in [3.05, 3.63) is 52.5 Å². The fourth-order valence-electron chi connectivity index (χ4n) is 2.09. The molecule has 0 aliphatic heterocycles. The molecule has 2 aromatic carbocycles. The van der Waals surface area contributed by atoms with Gasteiger partial charge in [-0.05, 0) is 42.8 Å². The van der Waals surface area contributed by atoms with Crippen molar-refractivity contribution in [1.29, 1.82) is 0 Å². The van der Waals surface area contributed by atoms with E-state index in [-0.39, 0.29) is 33.2 Å². The van der Waals surface area contributed by atoms with Crippen LogP contribution >= 0.6 is 27.7 Å². The summed E-state index contributed by atoms with van der Waals surface area (Å²) < 4.78 is 24.9. The molecule has 8 heteroatoms. The van der Waals surface area contributed by atoms with E-state index in [1.54, 1.807) is 13.8 Å². The van der Waals surface area contributed by atoms with Gasteiger partial charge in [0.05, 0.1) is 21.6 Å². The summed E-state index contributed by atoms with van der Waals surface area (Å²) in [7, 11) is -3.41. The number of hydrogen-bond acceptors (Lipinski definition) is 5. The molecule has 0 heterocycles. The van der Waals surface area contributed by atoms with E-state index in [1.165, 1.54) is 30.0 Å². The molecule has 0 radical (unpaired) electrons. The standard InChI is InChI=1S/C18H20BrNO4S2/c1-3-26(23,24)15-8-9-17(21)16(10-15)20-18(22)12(2)25-11-13-4-6-14(19)7-5-13/h4-10,12,21H,3,11H2,1-2H3,(H,20,22)/t12-/m1/s1. The minimum absolute atomic E-state index is 0.0510. The van der Waals surface area contributed by atoms with Gasteiger partial charge >= 0.3 is 0 Å². The second-order valence-electron chi connectivity index (χ2n) is 5.65. The Labute approximate surface area is 166 Å². The second-order valence-corrected chi connectivity index (χ2v) is 10.2. The average Bonchev–Trinajstić information content (AvgIpc) is 2.62. The van der Waals surface area contributed by atoms with Crippen molar-refractivity contribution in [3.63, 3.8) is 0 Å². The zero-order chi connectivity index (χ0) is 19.3. The van der Waals surface area contributed by atoms with Crippen LogP contribution in [-0.4, -0.2) is 30.4 Å². The number of sulfone groups is 1. The zero-order valence-corrected chi connectivity index (χ0v) is 17.6. The van der Waals surface area contributed by atoms with Gasteiger partial charge in [0, 0.05) is 10.2 Å². The summed E-state index contributed by atoms with van der Waals surface area (Å²) in [5.41, 5.74) is 1.19. The molecule has 0 aromatic heterocycles. The Kier molecular flexibility index (Phi) is 7.14. The quantitative estimate of drug-likeness (QED) is 0.608. The van der Waals surface area contributed by atoms with E-state index >= 15 is 0 Å². The van der Waals surface area contributed by atoms with Gasteiger partial charge in [0.2, 0.25) is 5.91 Å². The highest BCUT2D eigenvalue weighted by Crippen LogP contribution is 2.28. The van der Waals surface area contributed by atoms with Crippen LogP contribution in [0.4, 0.5) is 5.69 Å². The van der Waals surface area contributed by atoms with Crippen LogP contribution in [0.25, 0.3) is 0 Å². The summed E-state index contributed by atoms with van der Waals surface area (Å²) in [6, 6.07) is 11.7. The lowest BCUT2D eigenvalue weighted by Gasteiger charge is -2.14. The average molecular weight is 458 g/mol. The highest BCUT2D eigenvalue weighted by Gasteiger charge is 2.18. The number of aromatic hydroxyl groups is 1. The van der Waals surface area contributed by atoms with E-state index in [2.05, 4.69) is 21.2 Å². The molecule has 0 fully saturated rings. The predicted molar refractivity (Wildman–Crippen MR) is 109 cm³/mol. The Morgan fingerprint density at radius 1 is 1.23 bits per heavy atom. The van der Waals surface area contributed by atoms with Crippen LogP contribution in [0.1, 0.15) is 19.4 Å². The molecule has 2 aromatic rings. The molecule has 140 valence electrons. The Balaban J connectivity index is 2.04. The molecule has 26 heavy (non-hydrogen) atoms. The van der Waals surface area contributed by atoms with Crippen molar-refractivity contribution in [2.45, 2.75) is 29.7 Å². The Bertz CT molecular complexity index is 883. The van der Waals surface area contributed by atoms with E-state index in [1.807, 2.05) is 24.3 Å². The fraction of sp³-hybridized carbons (Fsp3) is 0.278. The summed E-state index contributed by atoms with van der Waals surface area (Å²) in [6.45, 7) is 3.31. The maximum absolute atomic E-state index is 12.4. The van der Waals surface area contributed by atoms with E-state index in [9.17, 15) is 18.3 Å². The molecular weight excluding hydrogens is 438 g/mol. The molecular formula is C18H20BrNO4S2. The number of phenolic OH excluding ortho intramolecular Hbond substituents is 1. The fourth-order valence-corrected chi connectivity index (χ4v) is 4.10. The van der Waals surface area contributed by atoms with Gasteiger partial charge in [-0.3, -0.25) is 4.79 Å². The van der Waals surface area contributed by atoms with Gasteiger partial charge in [-0.25, -0.2) is 8.42 Å². The van der Waals surface area contributed by atoms with Crippen LogP contribution in [0, 0.1) is 0 Å². The van der Waals surface area contributed by atoms with Gasteiger partial charge in [0.25, 0.3) is 0 Å². The first-order valence-corrected chi connectivity index (χ1v) is 11.4. The topological polar surface area (TPSA) is 83.5 Å². The largest absolute Gasteiger partial charge is 0.506 e. The lowest BCUT2D eigenvalue weighted by molar-refractivity contribution is -0.115. The maximum Gasteiger partial charge on any atom is 0.237 e. The second kappa shape index (κ2) is 8.92. The number of phenols is 1. The molecule has 0 aliphatic rings. The number of nitrogens with one attached hydrogen (secondary N) is 1. The van der Waals surface area contributed by atoms with Crippen molar-refractivity contribution in [2.75, 3.05) is 11.1 Å². The molecule has 2 N–H and O–H groups in total. The van der Waals surface area contributed by atoms with Crippen molar-refractivity contribution < 1.29 is 18.3 Å². The van der Waals surface area contributed by atoms with E-state index in [4.69, 9.17) is 0 Å². The van der Waals surface area contributed by atoms with Gasteiger partial charge < -0.3 is 10.4 Å². The summed E-state index contributed by atoms with van der Waals surface area (Å²) in [5.74, 6) is 0.148.